The fourth-order valence-electron chi connectivity index (χ4n) is 2.37. The Labute approximate surface area is 125 Å². The van der Waals surface area contributed by atoms with Gasteiger partial charge in [-0.2, -0.15) is 5.10 Å². The predicted molar refractivity (Wildman–Crippen MR) is 77.0 cm³/mol. The number of benzene rings is 1. The van der Waals surface area contributed by atoms with Crippen LogP contribution in [0.1, 0.15) is 6.42 Å². The minimum Gasteiger partial charge on any atom is -0.481 e. The molecule has 1 atom stereocenters. The van der Waals surface area contributed by atoms with E-state index < -0.39 is 11.9 Å². The van der Waals surface area contributed by atoms with Gasteiger partial charge in [-0.1, -0.05) is 23.7 Å². The van der Waals surface area contributed by atoms with Crippen LogP contribution in [0.4, 0.5) is 5.82 Å². The molecule has 7 heteroatoms. The number of carbonyl (C=O) groups is 2. The number of anilines is 1. The Morgan fingerprint density at radius 3 is 2.81 bits per heavy atom. The van der Waals surface area contributed by atoms with Gasteiger partial charge in [-0.3, -0.25) is 9.59 Å². The Hall–Kier alpha value is -2.34. The normalized spacial score (nSPS) is 17.2. The van der Waals surface area contributed by atoms with Gasteiger partial charge in [-0.25, -0.2) is 4.68 Å². The van der Waals surface area contributed by atoms with Gasteiger partial charge in [0.15, 0.2) is 0 Å². The monoisotopic (exact) mass is 305 g/mol. The number of amides is 1. The lowest BCUT2D eigenvalue weighted by Gasteiger charge is -2.23. The van der Waals surface area contributed by atoms with Crippen molar-refractivity contribution in [3.05, 3.63) is 35.5 Å². The molecule has 1 aliphatic heterocycles. The molecule has 0 saturated carbocycles. The summed E-state index contributed by atoms with van der Waals surface area (Å²) in [6, 6.07) is 7.21. The van der Waals surface area contributed by atoms with Gasteiger partial charge < -0.3 is 10.4 Å². The molecule has 3 rings (SSSR count). The van der Waals surface area contributed by atoms with Crippen molar-refractivity contribution in [2.75, 3.05) is 5.32 Å². The maximum Gasteiger partial charge on any atom is 0.304 e. The molecule has 1 aromatic heterocycles. The zero-order chi connectivity index (χ0) is 15.0. The van der Waals surface area contributed by atoms with Gasteiger partial charge in [-0.15, -0.1) is 0 Å². The van der Waals surface area contributed by atoms with Crippen molar-refractivity contribution >= 4 is 29.3 Å². The maximum absolute atomic E-state index is 12.0. The number of aliphatic carboxylic acids is 1. The SMILES string of the molecule is O=C(O)C[C@@H]1Cn2ncc(-c3ccc(Cl)cc3)c2NC1=O. The van der Waals surface area contributed by atoms with Crippen LogP contribution in [0.15, 0.2) is 30.5 Å². The smallest absolute Gasteiger partial charge is 0.304 e. The van der Waals surface area contributed by atoms with Crippen LogP contribution in [0, 0.1) is 5.92 Å². The van der Waals surface area contributed by atoms with Crippen LogP contribution in [0.3, 0.4) is 0 Å². The van der Waals surface area contributed by atoms with E-state index >= 15 is 0 Å². The van der Waals surface area contributed by atoms with Crippen molar-refractivity contribution in [1.82, 2.24) is 9.78 Å². The lowest BCUT2D eigenvalue weighted by Crippen LogP contribution is -2.35. The second-order valence-electron chi connectivity index (χ2n) is 4.88. The quantitative estimate of drug-likeness (QED) is 0.911. The highest BCUT2D eigenvalue weighted by molar-refractivity contribution is 6.30. The number of carboxylic acid groups (broad SMARTS) is 1. The summed E-state index contributed by atoms with van der Waals surface area (Å²) < 4.78 is 1.62. The standard InChI is InChI=1S/C14H12ClN3O3/c15-10-3-1-8(2-4-10)11-6-16-18-7-9(5-12(19)20)14(21)17-13(11)18/h1-4,6,9H,5,7H2,(H,17,21)(H,19,20)/t9-/m1/s1. The molecule has 21 heavy (non-hydrogen) atoms. The van der Waals surface area contributed by atoms with Gasteiger partial charge >= 0.3 is 5.97 Å². The van der Waals surface area contributed by atoms with Crippen molar-refractivity contribution in [3.63, 3.8) is 0 Å². The number of aromatic nitrogens is 2. The Bertz CT molecular complexity index is 709. The number of nitrogens with one attached hydrogen (secondary N) is 1. The zero-order valence-electron chi connectivity index (χ0n) is 10.9. The summed E-state index contributed by atoms with van der Waals surface area (Å²) in [5.74, 6) is -1.30. The Balaban J connectivity index is 1.93. The first kappa shape index (κ1) is 13.6. The summed E-state index contributed by atoms with van der Waals surface area (Å²) >= 11 is 5.86. The van der Waals surface area contributed by atoms with Crippen LogP contribution in [0.25, 0.3) is 11.1 Å². The molecule has 0 unspecified atom stereocenters. The maximum atomic E-state index is 12.0. The molecule has 2 aromatic rings. The van der Waals surface area contributed by atoms with E-state index in [-0.39, 0.29) is 18.9 Å². The second-order valence-corrected chi connectivity index (χ2v) is 5.32. The molecule has 0 radical (unpaired) electrons. The predicted octanol–water partition coefficient (Wildman–Crippen LogP) is 2.25. The zero-order valence-corrected chi connectivity index (χ0v) is 11.7. The van der Waals surface area contributed by atoms with Crippen molar-refractivity contribution in [2.45, 2.75) is 13.0 Å². The van der Waals surface area contributed by atoms with Crippen molar-refractivity contribution < 1.29 is 14.7 Å². The Morgan fingerprint density at radius 1 is 1.43 bits per heavy atom. The summed E-state index contributed by atoms with van der Waals surface area (Å²) in [4.78, 5) is 22.8. The molecule has 0 bridgehead atoms. The van der Waals surface area contributed by atoms with Crippen LogP contribution in [0.5, 0.6) is 0 Å². The third kappa shape index (κ3) is 2.62. The van der Waals surface area contributed by atoms with Gasteiger partial charge in [0.25, 0.3) is 0 Å². The number of hydrogen-bond donors (Lipinski definition) is 2. The molecule has 1 aromatic carbocycles. The largest absolute Gasteiger partial charge is 0.481 e. The number of carbonyl (C=O) groups excluding carboxylic acids is 1. The van der Waals surface area contributed by atoms with Crippen molar-refractivity contribution in [1.29, 1.82) is 0 Å². The first-order chi connectivity index (χ1) is 10.0. The molecule has 2 heterocycles. The van der Waals surface area contributed by atoms with E-state index in [4.69, 9.17) is 16.7 Å². The third-order valence-electron chi connectivity index (χ3n) is 3.42. The summed E-state index contributed by atoms with van der Waals surface area (Å²) in [5.41, 5.74) is 1.67. The number of fused-ring (bicyclic) bond motifs is 1. The van der Waals surface area contributed by atoms with E-state index in [1.807, 2.05) is 12.1 Å². The van der Waals surface area contributed by atoms with E-state index in [2.05, 4.69) is 10.4 Å². The van der Waals surface area contributed by atoms with E-state index in [0.717, 1.165) is 11.1 Å². The molecule has 1 amide bonds. The molecule has 0 saturated heterocycles. The van der Waals surface area contributed by atoms with Crippen molar-refractivity contribution in [3.8, 4) is 11.1 Å². The summed E-state index contributed by atoms with van der Waals surface area (Å²) in [5, 5.41) is 16.4. The average molecular weight is 306 g/mol. The minimum absolute atomic E-state index is 0.207. The summed E-state index contributed by atoms with van der Waals surface area (Å²) in [7, 11) is 0. The third-order valence-corrected chi connectivity index (χ3v) is 3.67. The van der Waals surface area contributed by atoms with E-state index in [1.165, 1.54) is 0 Å². The fraction of sp³-hybridized carbons (Fsp3) is 0.214. The van der Waals surface area contributed by atoms with Crippen LogP contribution >= 0.6 is 11.6 Å². The number of nitrogens with zero attached hydrogens (tertiary/aromatic N) is 2. The van der Waals surface area contributed by atoms with Crippen LogP contribution in [-0.2, 0) is 16.1 Å². The van der Waals surface area contributed by atoms with Gasteiger partial charge in [0.1, 0.15) is 5.82 Å². The lowest BCUT2D eigenvalue weighted by molar-refractivity contribution is -0.140. The molecule has 2 N–H and O–H groups in total. The van der Waals surface area contributed by atoms with E-state index in [1.54, 1.807) is 23.0 Å². The average Bonchev–Trinajstić information content (AvgIpc) is 2.82. The molecule has 108 valence electrons. The van der Waals surface area contributed by atoms with Crippen LogP contribution < -0.4 is 5.32 Å². The van der Waals surface area contributed by atoms with E-state index in [0.29, 0.717) is 10.8 Å². The van der Waals surface area contributed by atoms with Crippen LogP contribution in [0.2, 0.25) is 5.02 Å². The number of rotatable bonds is 3. The van der Waals surface area contributed by atoms with Gasteiger partial charge in [0.2, 0.25) is 5.91 Å². The molecule has 0 spiro atoms. The Morgan fingerprint density at radius 2 is 2.14 bits per heavy atom. The number of carboxylic acids is 1. The molecule has 1 aliphatic rings. The lowest BCUT2D eigenvalue weighted by atomic mass is 10.0. The Kier molecular flexibility index (Phi) is 3.39. The first-order valence-electron chi connectivity index (χ1n) is 6.39. The van der Waals surface area contributed by atoms with Crippen LogP contribution in [-0.4, -0.2) is 26.8 Å². The molecular formula is C14H12ClN3O3. The minimum atomic E-state index is -0.997. The molecule has 0 fully saturated rings. The molecular weight excluding hydrogens is 294 g/mol. The molecule has 6 nitrogen and oxygen atoms in total. The summed E-state index contributed by atoms with van der Waals surface area (Å²) in [6.45, 7) is 0.265. The van der Waals surface area contributed by atoms with E-state index in [9.17, 15) is 9.59 Å². The topological polar surface area (TPSA) is 84.2 Å². The van der Waals surface area contributed by atoms with Gasteiger partial charge in [0, 0.05) is 10.6 Å². The highest BCUT2D eigenvalue weighted by Crippen LogP contribution is 2.32. The van der Waals surface area contributed by atoms with Crippen molar-refractivity contribution in [2.24, 2.45) is 5.92 Å². The number of hydrogen-bond acceptors (Lipinski definition) is 3. The highest BCUT2D eigenvalue weighted by Gasteiger charge is 2.30. The second kappa shape index (κ2) is 5.21. The molecule has 0 aliphatic carbocycles. The number of halogens is 1. The van der Waals surface area contributed by atoms with Gasteiger partial charge in [-0.05, 0) is 17.7 Å². The first-order valence-corrected chi connectivity index (χ1v) is 6.77. The highest BCUT2D eigenvalue weighted by atomic mass is 35.5. The summed E-state index contributed by atoms with van der Waals surface area (Å²) in [6.07, 6.45) is 1.45. The fourth-order valence-corrected chi connectivity index (χ4v) is 2.50. The van der Waals surface area contributed by atoms with Gasteiger partial charge in [0.05, 0.1) is 25.1 Å².